The van der Waals surface area contributed by atoms with E-state index in [4.69, 9.17) is 4.74 Å². The van der Waals surface area contributed by atoms with E-state index in [1.807, 2.05) is 36.4 Å². The smallest absolute Gasteiger partial charge is 0.272 e. The van der Waals surface area contributed by atoms with Gasteiger partial charge in [-0.15, -0.1) is 0 Å². The van der Waals surface area contributed by atoms with Gasteiger partial charge in [0, 0.05) is 40.3 Å². The lowest BCUT2D eigenvalue weighted by atomic mass is 10.1. The van der Waals surface area contributed by atoms with E-state index >= 15 is 0 Å². The molecular weight excluding hydrogens is 495 g/mol. The average Bonchev–Trinajstić information content (AvgIpc) is 2.81. The maximum Gasteiger partial charge on any atom is 0.272 e. The highest BCUT2D eigenvalue weighted by Crippen LogP contribution is 2.27. The first-order valence-corrected chi connectivity index (χ1v) is 10.5. The summed E-state index contributed by atoms with van der Waals surface area (Å²) in [6.45, 7) is 2.16. The average molecular weight is 514 g/mol. The summed E-state index contributed by atoms with van der Waals surface area (Å²) in [7, 11) is 0. The molecule has 3 aromatic rings. The first-order valence-electron chi connectivity index (χ1n) is 9.47. The quantitative estimate of drug-likeness (QED) is 0.540. The van der Waals surface area contributed by atoms with Gasteiger partial charge in [0.15, 0.2) is 0 Å². The molecule has 1 N–H and O–H groups in total. The van der Waals surface area contributed by atoms with Crippen molar-refractivity contribution in [2.24, 2.45) is 0 Å². The Morgan fingerprint density at radius 3 is 2.57 bits per heavy atom. The van der Waals surface area contributed by atoms with Crippen LogP contribution < -0.4 is 5.32 Å². The predicted octanol–water partition coefficient (Wildman–Crippen LogP) is 3.47. The van der Waals surface area contributed by atoms with Crippen molar-refractivity contribution in [2.75, 3.05) is 31.6 Å². The maximum atomic E-state index is 12.6. The number of nitrogens with one attached hydrogen (secondary N) is 1. The van der Waals surface area contributed by atoms with Crippen molar-refractivity contribution in [1.29, 1.82) is 0 Å². The molecule has 1 saturated heterocycles. The normalized spacial score (nSPS) is 13.7. The van der Waals surface area contributed by atoms with Crippen molar-refractivity contribution in [3.05, 3.63) is 75.8 Å². The van der Waals surface area contributed by atoms with Crippen LogP contribution in [0.25, 0.3) is 11.3 Å². The molecule has 0 aliphatic carbocycles. The molecular formula is C22H19IN4O3. The van der Waals surface area contributed by atoms with Crippen molar-refractivity contribution in [3.63, 3.8) is 0 Å². The second-order valence-electron chi connectivity index (χ2n) is 6.70. The van der Waals surface area contributed by atoms with Gasteiger partial charge >= 0.3 is 0 Å². The van der Waals surface area contributed by atoms with E-state index in [1.165, 1.54) is 6.20 Å². The summed E-state index contributed by atoms with van der Waals surface area (Å²) in [5, 5.41) is 2.89. The van der Waals surface area contributed by atoms with Gasteiger partial charge in [-0.2, -0.15) is 0 Å². The second kappa shape index (κ2) is 9.31. The highest BCUT2D eigenvalue weighted by atomic mass is 127. The number of morpholine rings is 1. The number of ether oxygens (including phenoxy) is 1. The van der Waals surface area contributed by atoms with Crippen LogP contribution in [0.4, 0.5) is 5.69 Å². The SMILES string of the molecule is O=C(Nc1ccc(I)c(-c2ccccn2)c1)c1ccc(C(=O)N2CCOCC2)nc1. The van der Waals surface area contributed by atoms with Crippen LogP contribution in [-0.4, -0.2) is 53.0 Å². The van der Waals surface area contributed by atoms with E-state index in [2.05, 4.69) is 37.9 Å². The van der Waals surface area contributed by atoms with Crippen LogP contribution >= 0.6 is 22.6 Å². The van der Waals surface area contributed by atoms with Crippen molar-refractivity contribution >= 4 is 40.1 Å². The molecule has 3 heterocycles. The van der Waals surface area contributed by atoms with Crippen LogP contribution in [-0.2, 0) is 4.74 Å². The number of aromatic nitrogens is 2. The van der Waals surface area contributed by atoms with E-state index in [1.54, 1.807) is 23.2 Å². The zero-order chi connectivity index (χ0) is 20.9. The van der Waals surface area contributed by atoms with Gasteiger partial charge in [-0.25, -0.2) is 0 Å². The predicted molar refractivity (Wildman–Crippen MR) is 121 cm³/mol. The van der Waals surface area contributed by atoms with Crippen LogP contribution in [0.5, 0.6) is 0 Å². The maximum absolute atomic E-state index is 12.6. The second-order valence-corrected chi connectivity index (χ2v) is 7.86. The van der Waals surface area contributed by atoms with E-state index in [-0.39, 0.29) is 11.8 Å². The Kier molecular flexibility index (Phi) is 6.34. The van der Waals surface area contributed by atoms with Crippen molar-refractivity contribution in [2.45, 2.75) is 0 Å². The van der Waals surface area contributed by atoms with Crippen LogP contribution in [0.3, 0.4) is 0 Å². The largest absolute Gasteiger partial charge is 0.378 e. The molecule has 0 unspecified atom stereocenters. The number of anilines is 1. The molecule has 0 saturated carbocycles. The lowest BCUT2D eigenvalue weighted by molar-refractivity contribution is 0.0299. The van der Waals surface area contributed by atoms with Gasteiger partial charge in [-0.05, 0) is 65.1 Å². The first-order chi connectivity index (χ1) is 14.6. The lowest BCUT2D eigenvalue weighted by Crippen LogP contribution is -2.41. The van der Waals surface area contributed by atoms with Crippen LogP contribution in [0.15, 0.2) is 60.9 Å². The molecule has 7 nitrogen and oxygen atoms in total. The standard InChI is InChI=1S/C22H19IN4O3/c23-18-6-5-16(13-17(18)19-3-1-2-8-24-19)26-21(28)15-4-7-20(25-14-15)22(29)27-9-11-30-12-10-27/h1-8,13-14H,9-12H2,(H,26,28). The molecule has 1 fully saturated rings. The molecule has 0 radical (unpaired) electrons. The third kappa shape index (κ3) is 4.65. The van der Waals surface area contributed by atoms with Gasteiger partial charge in [0.1, 0.15) is 5.69 Å². The molecule has 4 rings (SSSR count). The summed E-state index contributed by atoms with van der Waals surface area (Å²) in [6, 6.07) is 14.6. The molecule has 152 valence electrons. The van der Waals surface area contributed by atoms with Crippen LogP contribution in [0.2, 0.25) is 0 Å². The van der Waals surface area contributed by atoms with Gasteiger partial charge in [0.25, 0.3) is 11.8 Å². The Morgan fingerprint density at radius 2 is 1.87 bits per heavy atom. The van der Waals surface area contributed by atoms with Crippen molar-refractivity contribution in [1.82, 2.24) is 14.9 Å². The zero-order valence-corrected chi connectivity index (χ0v) is 18.2. The van der Waals surface area contributed by atoms with Crippen molar-refractivity contribution in [3.8, 4) is 11.3 Å². The van der Waals surface area contributed by atoms with Crippen molar-refractivity contribution < 1.29 is 14.3 Å². The van der Waals surface area contributed by atoms with Gasteiger partial charge < -0.3 is 15.0 Å². The number of pyridine rings is 2. The number of rotatable bonds is 4. The number of carbonyl (C=O) groups is 2. The molecule has 0 bridgehead atoms. The number of nitrogens with zero attached hydrogens (tertiary/aromatic N) is 3. The van der Waals surface area contributed by atoms with Crippen LogP contribution in [0.1, 0.15) is 20.8 Å². The molecule has 2 aromatic heterocycles. The number of carbonyl (C=O) groups excluding carboxylic acids is 2. The number of hydrogen-bond acceptors (Lipinski definition) is 5. The molecule has 1 aliphatic heterocycles. The summed E-state index contributed by atoms with van der Waals surface area (Å²) in [5.41, 5.74) is 3.14. The molecule has 30 heavy (non-hydrogen) atoms. The van der Waals surface area contributed by atoms with Gasteiger partial charge in [-0.3, -0.25) is 19.6 Å². The van der Waals surface area contributed by atoms with E-state index in [0.717, 1.165) is 14.8 Å². The summed E-state index contributed by atoms with van der Waals surface area (Å²) >= 11 is 2.25. The molecule has 1 aliphatic rings. The number of benzene rings is 1. The molecule has 8 heteroatoms. The fourth-order valence-corrected chi connectivity index (χ4v) is 3.72. The fraction of sp³-hybridized carbons (Fsp3) is 0.182. The molecule has 0 atom stereocenters. The Labute approximate surface area is 187 Å². The third-order valence-corrected chi connectivity index (χ3v) is 5.65. The van der Waals surface area contributed by atoms with Crippen LogP contribution in [0, 0.1) is 3.57 Å². The summed E-state index contributed by atoms with van der Waals surface area (Å²) < 4.78 is 6.30. The Balaban J connectivity index is 1.47. The van der Waals surface area contributed by atoms with Gasteiger partial charge in [0.2, 0.25) is 0 Å². The highest BCUT2D eigenvalue weighted by molar-refractivity contribution is 14.1. The fourth-order valence-electron chi connectivity index (χ4n) is 3.11. The minimum absolute atomic E-state index is 0.150. The Morgan fingerprint density at radius 1 is 1.03 bits per heavy atom. The van der Waals surface area contributed by atoms with Gasteiger partial charge in [-0.1, -0.05) is 6.07 Å². The lowest BCUT2D eigenvalue weighted by Gasteiger charge is -2.26. The molecule has 1 aromatic carbocycles. The van der Waals surface area contributed by atoms with E-state index in [0.29, 0.717) is 43.2 Å². The number of halogens is 1. The molecule has 2 amide bonds. The summed E-state index contributed by atoms with van der Waals surface area (Å²) in [4.78, 5) is 35.4. The third-order valence-electron chi connectivity index (χ3n) is 4.71. The minimum atomic E-state index is -0.291. The minimum Gasteiger partial charge on any atom is -0.378 e. The summed E-state index contributed by atoms with van der Waals surface area (Å²) in [5.74, 6) is -0.441. The Bertz CT molecular complexity index is 1050. The Hall–Kier alpha value is -2.85. The first kappa shape index (κ1) is 20.4. The highest BCUT2D eigenvalue weighted by Gasteiger charge is 2.20. The van der Waals surface area contributed by atoms with E-state index < -0.39 is 0 Å². The summed E-state index contributed by atoms with van der Waals surface area (Å²) in [6.07, 6.45) is 3.16. The molecule has 0 spiro atoms. The zero-order valence-electron chi connectivity index (χ0n) is 16.0. The monoisotopic (exact) mass is 514 g/mol. The number of hydrogen-bond donors (Lipinski definition) is 1. The van der Waals surface area contributed by atoms with E-state index in [9.17, 15) is 9.59 Å². The van der Waals surface area contributed by atoms with Gasteiger partial charge in [0.05, 0.1) is 24.5 Å². The number of amides is 2. The topological polar surface area (TPSA) is 84.4 Å².